The van der Waals surface area contributed by atoms with Gasteiger partial charge in [-0.1, -0.05) is 12.1 Å². The zero-order valence-corrected chi connectivity index (χ0v) is 19.9. The Kier molecular flexibility index (Phi) is 7.40. The van der Waals surface area contributed by atoms with Crippen LogP contribution in [0.5, 0.6) is 17.2 Å². The average molecular weight is 501 g/mol. The first-order valence-electron chi connectivity index (χ1n) is 11.0. The maximum absolute atomic E-state index is 13.5. The molecule has 1 heterocycles. The topological polar surface area (TPSA) is 94.2 Å². The van der Waals surface area contributed by atoms with Crippen molar-refractivity contribution in [3.05, 3.63) is 78.1 Å². The molecule has 35 heavy (non-hydrogen) atoms. The van der Waals surface area contributed by atoms with E-state index in [4.69, 9.17) is 14.2 Å². The molecule has 0 fully saturated rings. The lowest BCUT2D eigenvalue weighted by Crippen LogP contribution is -2.42. The number of anilines is 1. The van der Waals surface area contributed by atoms with Crippen LogP contribution < -0.4 is 23.8 Å². The number of aryl methyl sites for hydroxylation is 1. The lowest BCUT2D eigenvalue weighted by atomic mass is 10.2. The Labute approximate surface area is 203 Å². The van der Waals surface area contributed by atoms with E-state index in [9.17, 15) is 17.6 Å². The Morgan fingerprint density at radius 3 is 2.51 bits per heavy atom. The number of fused-ring (bicyclic) bond motifs is 1. The molecule has 1 aliphatic rings. The van der Waals surface area contributed by atoms with Crippen LogP contribution in [0, 0.1) is 12.7 Å². The summed E-state index contributed by atoms with van der Waals surface area (Å²) in [6.45, 7) is 2.49. The first-order chi connectivity index (χ1) is 16.8. The summed E-state index contributed by atoms with van der Waals surface area (Å²) in [5.74, 6) is 0.351. The summed E-state index contributed by atoms with van der Waals surface area (Å²) >= 11 is 0. The van der Waals surface area contributed by atoms with Gasteiger partial charge in [0.2, 0.25) is 5.91 Å². The van der Waals surface area contributed by atoms with Crippen LogP contribution in [0.4, 0.5) is 10.1 Å². The number of rotatable bonds is 9. The molecular weight excluding hydrogens is 475 g/mol. The fourth-order valence-electron chi connectivity index (χ4n) is 3.48. The highest BCUT2D eigenvalue weighted by molar-refractivity contribution is 7.92. The minimum atomic E-state index is -4.19. The molecule has 0 aromatic heterocycles. The molecule has 8 nitrogen and oxygen atoms in total. The Balaban J connectivity index is 1.48. The second-order valence-corrected chi connectivity index (χ2v) is 9.67. The zero-order chi connectivity index (χ0) is 24.8. The number of ether oxygens (including phenoxy) is 3. The second kappa shape index (κ2) is 10.6. The summed E-state index contributed by atoms with van der Waals surface area (Å²) in [5.41, 5.74) is 1.19. The van der Waals surface area contributed by atoms with Crippen molar-refractivity contribution < 1.29 is 31.8 Å². The highest BCUT2D eigenvalue weighted by Crippen LogP contribution is 2.34. The maximum atomic E-state index is 13.5. The van der Waals surface area contributed by atoms with E-state index in [0.717, 1.165) is 22.0 Å². The number of hydrogen-bond donors (Lipinski definition) is 1. The molecule has 10 heteroatoms. The van der Waals surface area contributed by atoms with Crippen molar-refractivity contribution in [3.8, 4) is 17.2 Å². The molecule has 4 rings (SSSR count). The number of nitrogens with one attached hydrogen (secondary N) is 1. The van der Waals surface area contributed by atoms with E-state index in [2.05, 4.69) is 5.32 Å². The number of halogens is 1. The molecule has 184 valence electrons. The Morgan fingerprint density at radius 1 is 1.03 bits per heavy atom. The molecule has 0 saturated carbocycles. The van der Waals surface area contributed by atoms with E-state index < -0.39 is 28.3 Å². The third-order valence-electron chi connectivity index (χ3n) is 5.19. The SMILES string of the molecule is Cc1cccc(OCCNC(=O)CN(c2ccc(F)cc2)S(=O)(=O)c2ccc3c(c2)OCCO3)c1. The predicted molar refractivity (Wildman–Crippen MR) is 128 cm³/mol. The maximum Gasteiger partial charge on any atom is 0.264 e. The van der Waals surface area contributed by atoms with Gasteiger partial charge in [0.05, 0.1) is 17.1 Å². The van der Waals surface area contributed by atoms with Crippen molar-refractivity contribution in [1.82, 2.24) is 5.32 Å². The normalized spacial score (nSPS) is 12.6. The number of hydrogen-bond acceptors (Lipinski definition) is 6. The second-order valence-electron chi connectivity index (χ2n) is 7.81. The Bertz CT molecular complexity index is 1300. The van der Waals surface area contributed by atoms with Gasteiger partial charge in [-0.25, -0.2) is 12.8 Å². The lowest BCUT2D eigenvalue weighted by Gasteiger charge is -2.25. The van der Waals surface area contributed by atoms with E-state index in [-0.39, 0.29) is 23.7 Å². The van der Waals surface area contributed by atoms with Crippen LogP contribution >= 0.6 is 0 Å². The molecule has 0 radical (unpaired) electrons. The smallest absolute Gasteiger partial charge is 0.264 e. The van der Waals surface area contributed by atoms with E-state index in [0.29, 0.717) is 30.5 Å². The predicted octanol–water partition coefficient (Wildman–Crippen LogP) is 3.30. The van der Waals surface area contributed by atoms with E-state index in [1.807, 2.05) is 31.2 Å². The summed E-state index contributed by atoms with van der Waals surface area (Å²) < 4.78 is 58.0. The van der Waals surface area contributed by atoms with Gasteiger partial charge in [-0.15, -0.1) is 0 Å². The summed E-state index contributed by atoms with van der Waals surface area (Å²) in [6, 6.07) is 16.6. The number of benzene rings is 3. The standard InChI is InChI=1S/C25H25FN2O6S/c1-18-3-2-4-21(15-18)32-12-11-27-25(29)17-28(20-7-5-19(26)6-8-20)35(30,31)22-9-10-23-24(16-22)34-14-13-33-23/h2-10,15-16H,11-14,17H2,1H3,(H,27,29). The largest absolute Gasteiger partial charge is 0.492 e. The van der Waals surface area contributed by atoms with Gasteiger partial charge in [-0.05, 0) is 61.0 Å². The van der Waals surface area contributed by atoms with Crippen LogP contribution in [0.2, 0.25) is 0 Å². The minimum Gasteiger partial charge on any atom is -0.492 e. The lowest BCUT2D eigenvalue weighted by molar-refractivity contribution is -0.119. The molecule has 1 N–H and O–H groups in total. The van der Waals surface area contributed by atoms with Crippen LogP contribution in [-0.2, 0) is 14.8 Å². The fraction of sp³-hybridized carbons (Fsp3) is 0.240. The monoisotopic (exact) mass is 500 g/mol. The number of amides is 1. The van der Waals surface area contributed by atoms with Crippen molar-refractivity contribution in [2.75, 3.05) is 37.2 Å². The van der Waals surface area contributed by atoms with Crippen molar-refractivity contribution in [3.63, 3.8) is 0 Å². The first-order valence-corrected chi connectivity index (χ1v) is 12.4. The fourth-order valence-corrected chi connectivity index (χ4v) is 4.92. The van der Waals surface area contributed by atoms with Gasteiger partial charge in [0.25, 0.3) is 10.0 Å². The summed E-state index contributed by atoms with van der Waals surface area (Å²) in [4.78, 5) is 12.6. The van der Waals surface area contributed by atoms with Gasteiger partial charge in [0.1, 0.15) is 37.9 Å². The molecule has 1 amide bonds. The zero-order valence-electron chi connectivity index (χ0n) is 19.1. The number of nitrogens with zero attached hydrogens (tertiary/aromatic N) is 1. The molecule has 0 aliphatic carbocycles. The van der Waals surface area contributed by atoms with Gasteiger partial charge in [-0.2, -0.15) is 0 Å². The van der Waals surface area contributed by atoms with Crippen LogP contribution in [0.1, 0.15) is 5.56 Å². The molecule has 1 aliphatic heterocycles. The van der Waals surface area contributed by atoms with Crippen molar-refractivity contribution >= 4 is 21.6 Å². The Morgan fingerprint density at radius 2 is 1.77 bits per heavy atom. The third kappa shape index (κ3) is 6.02. The highest BCUT2D eigenvalue weighted by atomic mass is 32.2. The number of carbonyl (C=O) groups excluding carboxylic acids is 1. The quantitative estimate of drug-likeness (QED) is 0.453. The van der Waals surface area contributed by atoms with Crippen LogP contribution in [0.3, 0.4) is 0 Å². The van der Waals surface area contributed by atoms with Gasteiger partial charge in [0.15, 0.2) is 11.5 Å². The first kappa shape index (κ1) is 24.3. The molecule has 0 atom stereocenters. The Hall–Kier alpha value is -3.79. The van der Waals surface area contributed by atoms with Crippen LogP contribution in [0.15, 0.2) is 71.6 Å². The van der Waals surface area contributed by atoms with Gasteiger partial charge >= 0.3 is 0 Å². The van der Waals surface area contributed by atoms with Gasteiger partial charge in [-0.3, -0.25) is 9.10 Å². The summed E-state index contributed by atoms with van der Waals surface area (Å²) in [7, 11) is -4.19. The minimum absolute atomic E-state index is 0.0818. The summed E-state index contributed by atoms with van der Waals surface area (Å²) in [5, 5.41) is 2.66. The number of sulfonamides is 1. The molecule has 0 spiro atoms. The van der Waals surface area contributed by atoms with E-state index in [1.165, 1.54) is 30.3 Å². The van der Waals surface area contributed by atoms with E-state index >= 15 is 0 Å². The van der Waals surface area contributed by atoms with Gasteiger partial charge < -0.3 is 19.5 Å². The van der Waals surface area contributed by atoms with Crippen molar-refractivity contribution in [2.24, 2.45) is 0 Å². The molecule has 0 saturated heterocycles. The van der Waals surface area contributed by atoms with Gasteiger partial charge in [0, 0.05) is 6.07 Å². The average Bonchev–Trinajstić information content (AvgIpc) is 2.85. The number of carbonyl (C=O) groups is 1. The molecule has 0 bridgehead atoms. The third-order valence-corrected chi connectivity index (χ3v) is 6.96. The summed E-state index contributed by atoms with van der Waals surface area (Å²) in [6.07, 6.45) is 0. The molecule has 0 unspecified atom stereocenters. The van der Waals surface area contributed by atoms with Crippen molar-refractivity contribution in [1.29, 1.82) is 0 Å². The molecule has 3 aromatic carbocycles. The van der Waals surface area contributed by atoms with Crippen molar-refractivity contribution in [2.45, 2.75) is 11.8 Å². The van der Waals surface area contributed by atoms with E-state index in [1.54, 1.807) is 0 Å². The van der Waals surface area contributed by atoms with Crippen LogP contribution in [0.25, 0.3) is 0 Å². The molecular formula is C25H25FN2O6S. The highest BCUT2D eigenvalue weighted by Gasteiger charge is 2.29. The van der Waals surface area contributed by atoms with Crippen LogP contribution in [-0.4, -0.2) is 47.2 Å². The molecule has 3 aromatic rings.